The molecule has 0 bridgehead atoms. The Bertz CT molecular complexity index is 1080. The van der Waals surface area contributed by atoms with Crippen molar-refractivity contribution in [1.29, 1.82) is 0 Å². The second-order valence-electron chi connectivity index (χ2n) is 6.55. The van der Waals surface area contributed by atoms with Crippen molar-refractivity contribution in [2.24, 2.45) is 0 Å². The van der Waals surface area contributed by atoms with Crippen LogP contribution in [-0.4, -0.2) is 6.36 Å². The summed E-state index contributed by atoms with van der Waals surface area (Å²) in [4.78, 5) is 0. The summed E-state index contributed by atoms with van der Waals surface area (Å²) in [5, 5.41) is 3.73. The molecule has 2 aromatic rings. The zero-order chi connectivity index (χ0) is 17.8. The Morgan fingerprint density at radius 3 is 2.44 bits per heavy atom. The van der Waals surface area contributed by atoms with Crippen molar-refractivity contribution in [3.05, 3.63) is 59.8 Å². The maximum Gasteiger partial charge on any atom is 0.573 e. The molecule has 5 heteroatoms. The molecule has 0 spiro atoms. The van der Waals surface area contributed by atoms with Crippen molar-refractivity contribution in [3.63, 3.8) is 0 Å². The number of halogens is 4. The van der Waals surface area contributed by atoms with Gasteiger partial charge in [0.05, 0.1) is 3.57 Å². The van der Waals surface area contributed by atoms with Crippen LogP contribution < -0.4 is 15.2 Å². The number of hydrogen-bond donors (Lipinski definition) is 0. The van der Waals surface area contributed by atoms with Gasteiger partial charge in [-0.25, -0.2) is 0 Å². The topological polar surface area (TPSA) is 9.23 Å². The van der Waals surface area contributed by atoms with E-state index in [9.17, 15) is 13.2 Å². The lowest BCUT2D eigenvalue weighted by molar-refractivity contribution is -0.275. The highest BCUT2D eigenvalue weighted by Crippen LogP contribution is 2.27. The first-order valence-electron chi connectivity index (χ1n) is 8.24. The molecule has 130 valence electrons. The van der Waals surface area contributed by atoms with E-state index in [0.717, 1.165) is 29.7 Å². The quantitative estimate of drug-likeness (QED) is 0.581. The summed E-state index contributed by atoms with van der Waals surface area (Å²) in [5.74, 6) is -0.0864. The number of fused-ring (bicyclic) bond motifs is 4. The molecular formula is C20H16F3IO. The molecule has 0 N–H and O–H groups in total. The highest BCUT2D eigenvalue weighted by molar-refractivity contribution is 14.1. The first kappa shape index (κ1) is 16.9. The van der Waals surface area contributed by atoms with Gasteiger partial charge in [-0.3, -0.25) is 0 Å². The predicted octanol–water partition coefficient (Wildman–Crippen LogP) is 4.32. The Morgan fingerprint density at radius 2 is 1.68 bits per heavy atom. The van der Waals surface area contributed by atoms with Gasteiger partial charge in [-0.1, -0.05) is 29.8 Å². The molecule has 0 aliphatic heterocycles. The summed E-state index contributed by atoms with van der Waals surface area (Å²) in [6, 6.07) is 7.78. The number of alkyl halides is 3. The minimum Gasteiger partial charge on any atom is -0.404 e. The van der Waals surface area contributed by atoms with Crippen LogP contribution in [-0.2, 0) is 12.8 Å². The van der Waals surface area contributed by atoms with Gasteiger partial charge < -0.3 is 4.74 Å². The molecule has 2 aliphatic rings. The van der Waals surface area contributed by atoms with Crippen LogP contribution in [0.5, 0.6) is 5.75 Å². The summed E-state index contributed by atoms with van der Waals surface area (Å²) in [6.45, 7) is 2.17. The molecule has 0 fully saturated rings. The molecule has 0 amide bonds. The maximum atomic E-state index is 12.8. The Morgan fingerprint density at radius 1 is 0.960 bits per heavy atom. The maximum absolute atomic E-state index is 12.8. The van der Waals surface area contributed by atoms with Crippen LogP contribution in [0.1, 0.15) is 30.9 Å². The molecule has 0 unspecified atom stereocenters. The van der Waals surface area contributed by atoms with Gasteiger partial charge in [0, 0.05) is 5.22 Å². The normalized spacial score (nSPS) is 15.8. The molecule has 0 radical (unpaired) electrons. The fraction of sp³-hybridized carbons (Fsp3) is 0.300. The van der Waals surface area contributed by atoms with Crippen LogP contribution in [0.15, 0.2) is 24.3 Å². The molecule has 0 saturated heterocycles. The van der Waals surface area contributed by atoms with E-state index in [1.54, 1.807) is 6.07 Å². The van der Waals surface area contributed by atoms with Gasteiger partial charge in [0.2, 0.25) is 0 Å². The van der Waals surface area contributed by atoms with Gasteiger partial charge in [0.15, 0.2) is 0 Å². The molecule has 25 heavy (non-hydrogen) atoms. The average Bonchev–Trinajstić information content (AvgIpc) is 2.56. The summed E-state index contributed by atoms with van der Waals surface area (Å²) in [5.41, 5.74) is 4.02. The Hall–Kier alpha value is -1.50. The standard InChI is InChI=1S/C20H16F3IO/c1-11-3-2-4-13-12(11)5-6-15-14(13)7-8-17-16(15)9-10-18(24)19(17)25-20(21,22)23/h5-6,8-10H,2-4,7H2,1H3. The second-order valence-corrected chi connectivity index (χ2v) is 7.71. The van der Waals surface area contributed by atoms with Gasteiger partial charge in [-0.15, -0.1) is 13.2 Å². The lowest BCUT2D eigenvalue weighted by Gasteiger charge is -2.20. The van der Waals surface area contributed by atoms with Crippen LogP contribution in [0.3, 0.4) is 0 Å². The Balaban J connectivity index is 2.09. The molecule has 2 aromatic carbocycles. The van der Waals surface area contributed by atoms with Crippen molar-refractivity contribution in [1.82, 2.24) is 0 Å². The molecule has 2 aliphatic carbocycles. The molecule has 0 heterocycles. The summed E-state index contributed by atoms with van der Waals surface area (Å²) in [7, 11) is 0. The van der Waals surface area contributed by atoms with Gasteiger partial charge >= 0.3 is 6.36 Å². The van der Waals surface area contributed by atoms with Gasteiger partial charge in [0.25, 0.3) is 0 Å². The first-order valence-corrected chi connectivity index (χ1v) is 9.32. The number of ether oxygens (including phenoxy) is 1. The number of hydrogen-bond acceptors (Lipinski definition) is 1. The fourth-order valence-corrected chi connectivity index (χ4v) is 4.54. The van der Waals surface area contributed by atoms with Crippen molar-refractivity contribution >= 4 is 34.2 Å². The lowest BCUT2D eigenvalue weighted by Crippen LogP contribution is -2.26. The van der Waals surface area contributed by atoms with Crippen molar-refractivity contribution < 1.29 is 17.9 Å². The zero-order valence-corrected chi connectivity index (χ0v) is 15.8. The summed E-state index contributed by atoms with van der Waals surface area (Å²) < 4.78 is 43.2. The van der Waals surface area contributed by atoms with Crippen molar-refractivity contribution in [2.75, 3.05) is 0 Å². The molecule has 0 aromatic heterocycles. The molecule has 0 saturated carbocycles. The molecule has 0 atom stereocenters. The third-order valence-electron chi connectivity index (χ3n) is 5.04. The third kappa shape index (κ3) is 2.96. The SMILES string of the molecule is CC1=c2ccc3c(c2CCC1)CC=c1c(OC(F)(F)F)c(I)ccc1=3. The predicted molar refractivity (Wildman–Crippen MR) is 99.4 cm³/mol. The fourth-order valence-electron chi connectivity index (χ4n) is 3.96. The molecule has 1 nitrogen and oxygen atoms in total. The number of rotatable bonds is 1. The van der Waals surface area contributed by atoms with E-state index < -0.39 is 6.36 Å². The van der Waals surface area contributed by atoms with Gasteiger partial charge in [0.1, 0.15) is 5.75 Å². The van der Waals surface area contributed by atoms with E-state index >= 15 is 0 Å². The van der Waals surface area contributed by atoms with Crippen LogP contribution in [0.2, 0.25) is 0 Å². The third-order valence-corrected chi connectivity index (χ3v) is 5.89. The van der Waals surface area contributed by atoms with Gasteiger partial charge in [-0.2, -0.15) is 0 Å². The minimum atomic E-state index is -4.69. The number of benzene rings is 2. The van der Waals surface area contributed by atoms with E-state index in [1.165, 1.54) is 21.9 Å². The first-order chi connectivity index (χ1) is 11.8. The van der Waals surface area contributed by atoms with Crippen LogP contribution in [0, 0.1) is 14.0 Å². The van der Waals surface area contributed by atoms with E-state index in [4.69, 9.17) is 0 Å². The highest BCUT2D eigenvalue weighted by atomic mass is 127. The summed E-state index contributed by atoms with van der Waals surface area (Å²) >= 11 is 1.89. The van der Waals surface area contributed by atoms with Crippen LogP contribution in [0.25, 0.3) is 11.6 Å². The van der Waals surface area contributed by atoms with Crippen LogP contribution >= 0.6 is 22.6 Å². The monoisotopic (exact) mass is 456 g/mol. The van der Waals surface area contributed by atoms with E-state index in [0.29, 0.717) is 15.2 Å². The minimum absolute atomic E-state index is 0.0864. The van der Waals surface area contributed by atoms with Crippen molar-refractivity contribution in [3.8, 4) is 5.75 Å². The second kappa shape index (κ2) is 6.04. The summed E-state index contributed by atoms with van der Waals surface area (Å²) in [6.07, 6.45) is 1.13. The van der Waals surface area contributed by atoms with Crippen LogP contribution in [0.4, 0.5) is 13.2 Å². The molecular weight excluding hydrogens is 440 g/mol. The molecule has 4 rings (SSSR count). The Labute approximate surface area is 156 Å². The smallest absolute Gasteiger partial charge is 0.404 e. The largest absolute Gasteiger partial charge is 0.573 e. The van der Waals surface area contributed by atoms with Gasteiger partial charge in [-0.05, 0) is 88.0 Å². The van der Waals surface area contributed by atoms with E-state index in [-0.39, 0.29) is 5.75 Å². The lowest BCUT2D eigenvalue weighted by atomic mass is 9.86. The van der Waals surface area contributed by atoms with E-state index in [2.05, 4.69) is 23.8 Å². The zero-order valence-electron chi connectivity index (χ0n) is 13.6. The van der Waals surface area contributed by atoms with Crippen molar-refractivity contribution in [2.45, 2.75) is 39.0 Å². The average molecular weight is 456 g/mol. The Kier molecular flexibility index (Phi) is 4.09. The van der Waals surface area contributed by atoms with E-state index in [1.807, 2.05) is 34.7 Å². The highest BCUT2D eigenvalue weighted by Gasteiger charge is 2.32.